The van der Waals surface area contributed by atoms with Crippen molar-refractivity contribution in [2.45, 2.75) is 31.2 Å². The van der Waals surface area contributed by atoms with Crippen molar-refractivity contribution in [3.05, 3.63) is 0 Å². The quantitative estimate of drug-likeness (QED) is 0.638. The summed E-state index contributed by atoms with van der Waals surface area (Å²) in [6.07, 6.45) is -0.248. The Bertz CT molecular complexity index is 210. The van der Waals surface area contributed by atoms with Gasteiger partial charge in [-0.2, -0.15) is 12.6 Å². The molecule has 0 spiro atoms. The molecule has 1 heterocycles. The van der Waals surface area contributed by atoms with Gasteiger partial charge in [-0.3, -0.25) is 4.79 Å². The number of carbonyl (C=O) groups is 1. The maximum absolute atomic E-state index is 11.7. The molecule has 0 bridgehead atoms. The van der Waals surface area contributed by atoms with Crippen molar-refractivity contribution in [3.8, 4) is 0 Å². The molecule has 3 unspecified atom stereocenters. The van der Waals surface area contributed by atoms with E-state index in [1.165, 1.54) is 0 Å². The summed E-state index contributed by atoms with van der Waals surface area (Å²) in [6, 6.07) is 0.0694. The summed E-state index contributed by atoms with van der Waals surface area (Å²) in [5.74, 6) is 0.00239. The van der Waals surface area contributed by atoms with E-state index >= 15 is 0 Å². The first-order valence-electron chi connectivity index (χ1n) is 4.77. The van der Waals surface area contributed by atoms with Crippen molar-refractivity contribution < 1.29 is 14.6 Å². The molecule has 4 nitrogen and oxygen atoms in total. The number of nitrogens with zero attached hydrogens (tertiary/aromatic N) is 1. The lowest BCUT2D eigenvalue weighted by molar-refractivity contribution is -0.145. The molecule has 1 aliphatic heterocycles. The topological polar surface area (TPSA) is 49.8 Å². The molecule has 1 saturated heterocycles. The van der Waals surface area contributed by atoms with Gasteiger partial charge in [0.2, 0.25) is 5.91 Å². The SMILES string of the molecule is CC(S)C(=O)N1CC(CO)OCC1C. The largest absolute Gasteiger partial charge is 0.394 e. The van der Waals surface area contributed by atoms with Gasteiger partial charge < -0.3 is 14.7 Å². The first-order valence-corrected chi connectivity index (χ1v) is 5.29. The van der Waals surface area contributed by atoms with E-state index in [1.54, 1.807) is 11.8 Å². The minimum Gasteiger partial charge on any atom is -0.394 e. The molecule has 5 heteroatoms. The number of thiol groups is 1. The van der Waals surface area contributed by atoms with Gasteiger partial charge in [0.1, 0.15) is 0 Å². The summed E-state index contributed by atoms with van der Waals surface area (Å²) < 4.78 is 5.33. The second-order valence-corrected chi connectivity index (χ2v) is 4.43. The molecule has 1 N–H and O–H groups in total. The summed E-state index contributed by atoms with van der Waals surface area (Å²) in [4.78, 5) is 13.4. The van der Waals surface area contributed by atoms with E-state index in [-0.39, 0.29) is 29.9 Å². The molecule has 1 rings (SSSR count). The number of aliphatic hydroxyl groups is 1. The van der Waals surface area contributed by atoms with Crippen molar-refractivity contribution in [3.63, 3.8) is 0 Å². The van der Waals surface area contributed by atoms with Crippen LogP contribution in [0.5, 0.6) is 0 Å². The standard InChI is InChI=1S/C9H17NO3S/c1-6-5-13-8(4-11)3-10(6)9(12)7(2)14/h6-8,11,14H,3-5H2,1-2H3. The molecular formula is C9H17NO3S. The molecule has 1 fully saturated rings. The Balaban J connectivity index is 2.60. The molecular weight excluding hydrogens is 202 g/mol. The lowest BCUT2D eigenvalue weighted by Crippen LogP contribution is -2.53. The molecule has 0 saturated carbocycles. The van der Waals surface area contributed by atoms with Crippen LogP contribution in [0.3, 0.4) is 0 Å². The molecule has 0 aromatic rings. The summed E-state index contributed by atoms with van der Waals surface area (Å²) >= 11 is 4.11. The highest BCUT2D eigenvalue weighted by atomic mass is 32.1. The molecule has 0 radical (unpaired) electrons. The fourth-order valence-electron chi connectivity index (χ4n) is 1.47. The third-order valence-corrected chi connectivity index (χ3v) is 2.57. The van der Waals surface area contributed by atoms with E-state index in [9.17, 15) is 4.79 Å². The highest BCUT2D eigenvalue weighted by molar-refractivity contribution is 7.81. The fraction of sp³-hybridized carbons (Fsp3) is 0.889. The van der Waals surface area contributed by atoms with Crippen LogP contribution in [0, 0.1) is 0 Å². The van der Waals surface area contributed by atoms with E-state index in [1.807, 2.05) is 6.92 Å². The van der Waals surface area contributed by atoms with E-state index in [4.69, 9.17) is 9.84 Å². The summed E-state index contributed by atoms with van der Waals surface area (Å²) in [6.45, 7) is 4.58. The van der Waals surface area contributed by atoms with E-state index in [2.05, 4.69) is 12.6 Å². The number of carbonyl (C=O) groups excluding carboxylic acids is 1. The zero-order valence-corrected chi connectivity index (χ0v) is 9.41. The van der Waals surface area contributed by atoms with E-state index in [0.717, 1.165) is 0 Å². The highest BCUT2D eigenvalue weighted by Gasteiger charge is 2.30. The Morgan fingerprint density at radius 3 is 2.93 bits per heavy atom. The van der Waals surface area contributed by atoms with Gasteiger partial charge in [0.15, 0.2) is 0 Å². The van der Waals surface area contributed by atoms with Crippen LogP contribution in [0.2, 0.25) is 0 Å². The van der Waals surface area contributed by atoms with Crippen LogP contribution in [0.15, 0.2) is 0 Å². The van der Waals surface area contributed by atoms with Crippen LogP contribution in [0.1, 0.15) is 13.8 Å². The zero-order valence-electron chi connectivity index (χ0n) is 8.51. The Labute approximate surface area is 89.6 Å². The third-order valence-electron chi connectivity index (χ3n) is 2.35. The van der Waals surface area contributed by atoms with Gasteiger partial charge in [-0.1, -0.05) is 0 Å². The number of rotatable bonds is 2. The molecule has 3 atom stereocenters. The minimum atomic E-state index is -0.296. The predicted octanol–water partition coefficient (Wildman–Crippen LogP) is -0.0871. The van der Waals surface area contributed by atoms with Gasteiger partial charge in [0, 0.05) is 6.54 Å². The van der Waals surface area contributed by atoms with Crippen molar-refractivity contribution in [2.24, 2.45) is 0 Å². The molecule has 1 aliphatic rings. The van der Waals surface area contributed by atoms with Crippen molar-refractivity contribution >= 4 is 18.5 Å². The molecule has 1 amide bonds. The number of aliphatic hydroxyl groups excluding tert-OH is 1. The van der Waals surface area contributed by atoms with Crippen LogP contribution in [-0.4, -0.2) is 53.1 Å². The Kier molecular flexibility index (Phi) is 4.22. The van der Waals surface area contributed by atoms with Crippen LogP contribution < -0.4 is 0 Å². The number of amides is 1. The van der Waals surface area contributed by atoms with Gasteiger partial charge in [-0.05, 0) is 13.8 Å². The van der Waals surface area contributed by atoms with Crippen molar-refractivity contribution in [1.82, 2.24) is 4.90 Å². The Morgan fingerprint density at radius 1 is 1.79 bits per heavy atom. The molecule has 0 aromatic carbocycles. The predicted molar refractivity (Wildman–Crippen MR) is 56.4 cm³/mol. The van der Waals surface area contributed by atoms with Crippen LogP contribution in [-0.2, 0) is 9.53 Å². The summed E-state index contributed by atoms with van der Waals surface area (Å²) in [7, 11) is 0. The maximum atomic E-state index is 11.7. The average molecular weight is 219 g/mol. The first-order chi connectivity index (χ1) is 6.56. The van der Waals surface area contributed by atoms with E-state index < -0.39 is 0 Å². The number of morpholine rings is 1. The Morgan fingerprint density at radius 2 is 2.43 bits per heavy atom. The van der Waals surface area contributed by atoms with Crippen molar-refractivity contribution in [1.29, 1.82) is 0 Å². The number of hydrogen-bond donors (Lipinski definition) is 2. The second kappa shape index (κ2) is 5.00. The fourth-order valence-corrected chi connectivity index (χ4v) is 1.62. The van der Waals surface area contributed by atoms with Gasteiger partial charge in [0.05, 0.1) is 30.6 Å². The van der Waals surface area contributed by atoms with E-state index in [0.29, 0.717) is 13.2 Å². The van der Waals surface area contributed by atoms with Gasteiger partial charge in [-0.25, -0.2) is 0 Å². The molecule has 0 aromatic heterocycles. The average Bonchev–Trinajstić information content (AvgIpc) is 2.17. The smallest absolute Gasteiger partial charge is 0.235 e. The highest BCUT2D eigenvalue weighted by Crippen LogP contribution is 2.14. The normalized spacial score (nSPS) is 30.1. The maximum Gasteiger partial charge on any atom is 0.235 e. The number of ether oxygens (including phenoxy) is 1. The van der Waals surface area contributed by atoms with Crippen LogP contribution >= 0.6 is 12.6 Å². The van der Waals surface area contributed by atoms with Crippen LogP contribution in [0.25, 0.3) is 0 Å². The monoisotopic (exact) mass is 219 g/mol. The van der Waals surface area contributed by atoms with Crippen molar-refractivity contribution in [2.75, 3.05) is 19.8 Å². The lowest BCUT2D eigenvalue weighted by atomic mass is 10.2. The lowest BCUT2D eigenvalue weighted by Gasteiger charge is -2.38. The van der Waals surface area contributed by atoms with Crippen LogP contribution in [0.4, 0.5) is 0 Å². The summed E-state index contributed by atoms with van der Waals surface area (Å²) in [5.41, 5.74) is 0. The molecule has 0 aliphatic carbocycles. The van der Waals surface area contributed by atoms with Gasteiger partial charge in [0.25, 0.3) is 0 Å². The van der Waals surface area contributed by atoms with Gasteiger partial charge >= 0.3 is 0 Å². The second-order valence-electron chi connectivity index (χ2n) is 3.65. The first kappa shape index (κ1) is 11.8. The zero-order chi connectivity index (χ0) is 10.7. The minimum absolute atomic E-state index is 0.00239. The Hall–Kier alpha value is -0.260. The summed E-state index contributed by atoms with van der Waals surface area (Å²) in [5, 5.41) is 8.64. The molecule has 14 heavy (non-hydrogen) atoms. The third kappa shape index (κ3) is 2.62. The van der Waals surface area contributed by atoms with Gasteiger partial charge in [-0.15, -0.1) is 0 Å². The number of hydrogen-bond acceptors (Lipinski definition) is 4. The molecule has 82 valence electrons.